The average molecular weight is 342 g/mol. The lowest BCUT2D eigenvalue weighted by Gasteiger charge is -2.26. The molecule has 25 heavy (non-hydrogen) atoms. The molecule has 2 aromatic rings. The maximum Gasteiger partial charge on any atom is 0.245 e. The number of likely N-dealkylation sites (tertiary alicyclic amines) is 1. The molecule has 134 valence electrons. The molecule has 2 heterocycles. The number of tetrazole rings is 1. The van der Waals surface area contributed by atoms with E-state index >= 15 is 0 Å². The van der Waals surface area contributed by atoms with Gasteiger partial charge in [-0.2, -0.15) is 0 Å². The molecule has 1 atom stereocenters. The molecule has 0 aliphatic carbocycles. The predicted molar refractivity (Wildman–Crippen MR) is 94.9 cm³/mol. The zero-order chi connectivity index (χ0) is 17.3. The van der Waals surface area contributed by atoms with Crippen LogP contribution < -0.4 is 5.32 Å². The van der Waals surface area contributed by atoms with E-state index < -0.39 is 6.04 Å². The molecule has 1 saturated heterocycles. The summed E-state index contributed by atoms with van der Waals surface area (Å²) in [6.45, 7) is 4.11. The second kappa shape index (κ2) is 9.27. The third-order valence-corrected chi connectivity index (χ3v) is 4.66. The fourth-order valence-electron chi connectivity index (χ4n) is 3.27. The lowest BCUT2D eigenvalue weighted by molar-refractivity contribution is -0.124. The molecule has 1 aliphatic heterocycles. The van der Waals surface area contributed by atoms with Gasteiger partial charge in [0, 0.05) is 13.0 Å². The van der Waals surface area contributed by atoms with Crippen molar-refractivity contribution in [1.82, 2.24) is 30.4 Å². The highest BCUT2D eigenvalue weighted by Crippen LogP contribution is 2.13. The lowest BCUT2D eigenvalue weighted by Crippen LogP contribution is -2.37. The standard InChI is InChI=1S/C18H26N6O/c25-18(19-10-7-13-23-11-5-2-6-12-23)17(24-15-20-21-22-24)14-16-8-3-1-4-9-16/h1,3-4,8-9,15,17H,2,5-7,10-14H2,(H,19,25)/t17-/m1/s1. The molecular weight excluding hydrogens is 316 g/mol. The second-order valence-electron chi connectivity index (χ2n) is 6.54. The minimum absolute atomic E-state index is 0.0326. The van der Waals surface area contributed by atoms with E-state index in [1.807, 2.05) is 30.3 Å². The summed E-state index contributed by atoms with van der Waals surface area (Å²) in [6, 6.07) is 9.52. The van der Waals surface area contributed by atoms with Crippen molar-refractivity contribution in [3.05, 3.63) is 42.2 Å². The molecule has 7 heteroatoms. The van der Waals surface area contributed by atoms with E-state index in [1.54, 1.807) is 0 Å². The molecular formula is C18H26N6O. The summed E-state index contributed by atoms with van der Waals surface area (Å²) >= 11 is 0. The largest absolute Gasteiger partial charge is 0.354 e. The molecule has 0 unspecified atom stereocenters. The molecule has 0 radical (unpaired) electrons. The topological polar surface area (TPSA) is 75.9 Å². The Bertz CT molecular complexity index is 624. The van der Waals surface area contributed by atoms with Gasteiger partial charge in [0.1, 0.15) is 12.4 Å². The monoisotopic (exact) mass is 342 g/mol. The van der Waals surface area contributed by atoms with Crippen molar-refractivity contribution in [2.75, 3.05) is 26.2 Å². The smallest absolute Gasteiger partial charge is 0.245 e. The minimum atomic E-state index is -0.424. The number of carbonyl (C=O) groups excluding carboxylic acids is 1. The second-order valence-corrected chi connectivity index (χ2v) is 6.54. The fourth-order valence-corrected chi connectivity index (χ4v) is 3.27. The Morgan fingerprint density at radius 2 is 1.96 bits per heavy atom. The van der Waals surface area contributed by atoms with Crippen molar-refractivity contribution in [2.24, 2.45) is 0 Å². The Hall–Kier alpha value is -2.28. The summed E-state index contributed by atoms with van der Waals surface area (Å²) in [7, 11) is 0. The van der Waals surface area contributed by atoms with Crippen LogP contribution in [0.1, 0.15) is 37.3 Å². The number of nitrogens with one attached hydrogen (secondary N) is 1. The maximum absolute atomic E-state index is 12.7. The first kappa shape index (κ1) is 17.5. The number of amides is 1. The Morgan fingerprint density at radius 1 is 1.16 bits per heavy atom. The van der Waals surface area contributed by atoms with Crippen molar-refractivity contribution < 1.29 is 4.79 Å². The van der Waals surface area contributed by atoms with Crippen molar-refractivity contribution >= 4 is 5.91 Å². The number of aromatic nitrogens is 4. The van der Waals surface area contributed by atoms with Gasteiger partial charge in [-0.1, -0.05) is 36.8 Å². The molecule has 0 bridgehead atoms. The molecule has 1 aliphatic rings. The van der Waals surface area contributed by atoms with E-state index in [-0.39, 0.29) is 5.91 Å². The first-order valence-corrected chi connectivity index (χ1v) is 9.09. The molecule has 1 amide bonds. The normalized spacial score (nSPS) is 16.5. The number of benzene rings is 1. The van der Waals surface area contributed by atoms with Crippen LogP contribution in [0.2, 0.25) is 0 Å². The van der Waals surface area contributed by atoms with Gasteiger partial charge < -0.3 is 10.2 Å². The van der Waals surface area contributed by atoms with Crippen LogP contribution in [-0.4, -0.2) is 57.2 Å². The SMILES string of the molecule is O=C(NCCCN1CCCCC1)[C@@H](Cc1ccccc1)n1cnnn1. The van der Waals surface area contributed by atoms with Crippen LogP contribution in [0.15, 0.2) is 36.7 Å². The van der Waals surface area contributed by atoms with Gasteiger partial charge in [0.2, 0.25) is 5.91 Å². The Morgan fingerprint density at radius 3 is 2.68 bits per heavy atom. The van der Waals surface area contributed by atoms with Gasteiger partial charge in [0.05, 0.1) is 0 Å². The van der Waals surface area contributed by atoms with Gasteiger partial charge in [-0.25, -0.2) is 4.68 Å². The van der Waals surface area contributed by atoms with E-state index in [2.05, 4.69) is 25.7 Å². The Labute approximate surface area is 148 Å². The highest BCUT2D eigenvalue weighted by Gasteiger charge is 2.22. The lowest BCUT2D eigenvalue weighted by atomic mass is 10.1. The van der Waals surface area contributed by atoms with Gasteiger partial charge in [0.25, 0.3) is 0 Å². The predicted octanol–water partition coefficient (Wildman–Crippen LogP) is 1.45. The quantitative estimate of drug-likeness (QED) is 0.735. The summed E-state index contributed by atoms with van der Waals surface area (Å²) in [5.74, 6) is -0.0326. The molecule has 1 aromatic carbocycles. The van der Waals surface area contributed by atoms with Gasteiger partial charge in [0.15, 0.2) is 0 Å². The highest BCUT2D eigenvalue weighted by molar-refractivity contribution is 5.80. The number of hydrogen-bond donors (Lipinski definition) is 1. The Balaban J connectivity index is 1.50. The fraction of sp³-hybridized carbons (Fsp3) is 0.556. The van der Waals surface area contributed by atoms with Gasteiger partial charge in [-0.3, -0.25) is 4.79 Å². The van der Waals surface area contributed by atoms with E-state index in [9.17, 15) is 4.79 Å². The van der Waals surface area contributed by atoms with Crippen molar-refractivity contribution in [1.29, 1.82) is 0 Å². The minimum Gasteiger partial charge on any atom is -0.354 e. The van der Waals surface area contributed by atoms with E-state index in [1.165, 1.54) is 43.4 Å². The van der Waals surface area contributed by atoms with Crippen LogP contribution in [0.4, 0.5) is 0 Å². The number of piperidine rings is 1. The average Bonchev–Trinajstić information content (AvgIpc) is 3.19. The summed E-state index contributed by atoms with van der Waals surface area (Å²) < 4.78 is 1.53. The Kier molecular flexibility index (Phi) is 6.50. The van der Waals surface area contributed by atoms with Gasteiger partial charge >= 0.3 is 0 Å². The van der Waals surface area contributed by atoms with Crippen LogP contribution in [0, 0.1) is 0 Å². The first-order valence-electron chi connectivity index (χ1n) is 9.09. The zero-order valence-corrected chi connectivity index (χ0v) is 14.5. The zero-order valence-electron chi connectivity index (χ0n) is 14.5. The molecule has 1 aromatic heterocycles. The summed E-state index contributed by atoms with van der Waals surface area (Å²) in [5.41, 5.74) is 1.09. The number of carbonyl (C=O) groups is 1. The van der Waals surface area contributed by atoms with Crippen LogP contribution in [0.5, 0.6) is 0 Å². The van der Waals surface area contributed by atoms with Crippen molar-refractivity contribution in [3.63, 3.8) is 0 Å². The third-order valence-electron chi connectivity index (χ3n) is 4.66. The van der Waals surface area contributed by atoms with Crippen LogP contribution >= 0.6 is 0 Å². The van der Waals surface area contributed by atoms with Crippen LogP contribution in [0.3, 0.4) is 0 Å². The van der Waals surface area contributed by atoms with E-state index in [4.69, 9.17) is 0 Å². The van der Waals surface area contributed by atoms with E-state index in [0.717, 1.165) is 18.5 Å². The number of hydrogen-bond acceptors (Lipinski definition) is 5. The number of rotatable bonds is 8. The van der Waals surface area contributed by atoms with Gasteiger partial charge in [-0.15, -0.1) is 5.10 Å². The molecule has 7 nitrogen and oxygen atoms in total. The van der Waals surface area contributed by atoms with Crippen LogP contribution in [-0.2, 0) is 11.2 Å². The van der Waals surface area contributed by atoms with Gasteiger partial charge in [-0.05, 0) is 54.9 Å². The molecule has 1 fully saturated rings. The molecule has 0 saturated carbocycles. The van der Waals surface area contributed by atoms with Crippen molar-refractivity contribution in [2.45, 2.75) is 38.1 Å². The maximum atomic E-state index is 12.7. The van der Waals surface area contributed by atoms with Crippen LogP contribution in [0.25, 0.3) is 0 Å². The third kappa shape index (κ3) is 5.35. The first-order chi connectivity index (χ1) is 12.3. The molecule has 3 rings (SSSR count). The van der Waals surface area contributed by atoms with E-state index in [0.29, 0.717) is 13.0 Å². The van der Waals surface area contributed by atoms with Crippen molar-refractivity contribution in [3.8, 4) is 0 Å². The molecule has 0 spiro atoms. The summed E-state index contributed by atoms with van der Waals surface area (Å²) in [5, 5.41) is 14.3. The number of nitrogens with zero attached hydrogens (tertiary/aromatic N) is 5. The highest BCUT2D eigenvalue weighted by atomic mass is 16.2. The molecule has 1 N–H and O–H groups in total. The summed E-state index contributed by atoms with van der Waals surface area (Å²) in [4.78, 5) is 15.1. The summed E-state index contributed by atoms with van der Waals surface area (Å²) in [6.07, 6.45) is 6.99.